The van der Waals surface area contributed by atoms with Crippen molar-refractivity contribution < 1.29 is 19.1 Å². The predicted octanol–water partition coefficient (Wildman–Crippen LogP) is -0.0377. The molecule has 0 saturated carbocycles. The number of rotatable bonds is 2. The van der Waals surface area contributed by atoms with E-state index in [0.717, 1.165) is 13.8 Å². The van der Waals surface area contributed by atoms with Crippen LogP contribution in [0.4, 0.5) is 0 Å². The van der Waals surface area contributed by atoms with Crippen molar-refractivity contribution in [2.45, 2.75) is 20.1 Å². The molecular formula is C6H7NO4. The van der Waals surface area contributed by atoms with Crippen LogP contribution in [0.25, 0.3) is 0 Å². The Hall–Kier alpha value is -1.57. The number of esters is 2. The Labute approximate surface area is 63.5 Å². The Kier molecular flexibility index (Phi) is 3.67. The third-order valence-corrected chi connectivity index (χ3v) is 0.651. The summed E-state index contributed by atoms with van der Waals surface area (Å²) in [6.07, 6.45) is -1.43. The zero-order valence-electron chi connectivity index (χ0n) is 6.16. The average Bonchev–Trinajstić information content (AvgIpc) is 1.84. The van der Waals surface area contributed by atoms with Crippen LogP contribution in [0.15, 0.2) is 0 Å². The molecule has 0 heterocycles. The number of hydrogen-bond acceptors (Lipinski definition) is 5. The van der Waals surface area contributed by atoms with Crippen LogP contribution in [-0.2, 0) is 19.1 Å². The molecular weight excluding hydrogens is 150 g/mol. The molecule has 0 rings (SSSR count). The molecule has 0 aromatic heterocycles. The Morgan fingerprint density at radius 3 is 1.82 bits per heavy atom. The highest BCUT2D eigenvalue weighted by Gasteiger charge is 2.12. The number of nitrogens with zero attached hydrogens (tertiary/aromatic N) is 1. The van der Waals surface area contributed by atoms with Gasteiger partial charge in [0, 0.05) is 13.8 Å². The van der Waals surface area contributed by atoms with Crippen molar-refractivity contribution in [1.29, 1.82) is 5.26 Å². The molecule has 0 aliphatic heterocycles. The molecule has 0 saturated heterocycles. The molecule has 5 nitrogen and oxygen atoms in total. The van der Waals surface area contributed by atoms with Gasteiger partial charge in [-0.1, -0.05) is 0 Å². The second kappa shape index (κ2) is 4.28. The molecule has 0 aromatic carbocycles. The standard InChI is InChI=1S/C6H7NO4/c1-4(8)10-6(3-7)11-5(2)9/h6H,1-2H3. The van der Waals surface area contributed by atoms with Gasteiger partial charge in [0.05, 0.1) is 0 Å². The zero-order chi connectivity index (χ0) is 8.85. The Bertz CT molecular complexity index is 189. The average molecular weight is 157 g/mol. The zero-order valence-corrected chi connectivity index (χ0v) is 6.16. The number of carbonyl (C=O) groups excluding carboxylic acids is 2. The summed E-state index contributed by atoms with van der Waals surface area (Å²) in [5.41, 5.74) is 0. The van der Waals surface area contributed by atoms with Crippen LogP contribution in [0.5, 0.6) is 0 Å². The van der Waals surface area contributed by atoms with Gasteiger partial charge in [-0.15, -0.1) is 0 Å². The summed E-state index contributed by atoms with van der Waals surface area (Å²) in [6.45, 7) is 2.24. The van der Waals surface area contributed by atoms with E-state index in [9.17, 15) is 9.59 Å². The molecule has 0 bridgehead atoms. The highest BCUT2D eigenvalue weighted by molar-refractivity contribution is 5.68. The first-order chi connectivity index (χ1) is 5.06. The maximum atomic E-state index is 10.2. The molecule has 5 heteroatoms. The normalized spacial score (nSPS) is 8.55. The highest BCUT2D eigenvalue weighted by Crippen LogP contribution is 1.93. The van der Waals surface area contributed by atoms with E-state index in [2.05, 4.69) is 9.47 Å². The summed E-state index contributed by atoms with van der Waals surface area (Å²) < 4.78 is 8.53. The van der Waals surface area contributed by atoms with Crippen LogP contribution in [0, 0.1) is 11.3 Å². The fourth-order valence-corrected chi connectivity index (χ4v) is 0.378. The minimum absolute atomic E-state index is 0.669. The second-order valence-corrected chi connectivity index (χ2v) is 1.68. The maximum Gasteiger partial charge on any atom is 0.335 e. The monoisotopic (exact) mass is 157 g/mol. The SMILES string of the molecule is CC(=O)OC(C#N)OC(C)=O. The largest absolute Gasteiger partial charge is 0.412 e. The van der Waals surface area contributed by atoms with Gasteiger partial charge in [0.15, 0.2) is 6.07 Å². The lowest BCUT2D eigenvalue weighted by atomic mass is 10.6. The molecule has 0 aliphatic rings. The maximum absolute atomic E-state index is 10.2. The van der Waals surface area contributed by atoms with E-state index in [1.807, 2.05) is 0 Å². The predicted molar refractivity (Wildman–Crippen MR) is 32.9 cm³/mol. The van der Waals surface area contributed by atoms with Gasteiger partial charge in [0.1, 0.15) is 0 Å². The summed E-state index contributed by atoms with van der Waals surface area (Å²) in [5, 5.41) is 8.22. The molecule has 0 N–H and O–H groups in total. The van der Waals surface area contributed by atoms with Gasteiger partial charge in [-0.2, -0.15) is 5.26 Å². The first kappa shape index (κ1) is 9.43. The molecule has 11 heavy (non-hydrogen) atoms. The van der Waals surface area contributed by atoms with Crippen LogP contribution in [0.3, 0.4) is 0 Å². The minimum atomic E-state index is -1.43. The van der Waals surface area contributed by atoms with Crippen molar-refractivity contribution in [1.82, 2.24) is 0 Å². The lowest BCUT2D eigenvalue weighted by molar-refractivity contribution is -0.174. The van der Waals surface area contributed by atoms with E-state index < -0.39 is 18.2 Å². The van der Waals surface area contributed by atoms with Crippen LogP contribution in [0.1, 0.15) is 13.8 Å². The fourth-order valence-electron chi connectivity index (χ4n) is 0.378. The molecule has 0 unspecified atom stereocenters. The Morgan fingerprint density at radius 2 is 1.64 bits per heavy atom. The third-order valence-electron chi connectivity index (χ3n) is 0.651. The number of nitriles is 1. The summed E-state index contributed by atoms with van der Waals surface area (Å²) in [5.74, 6) is -1.34. The molecule has 0 aromatic rings. The summed E-state index contributed by atoms with van der Waals surface area (Å²) in [6, 6.07) is 1.48. The molecule has 60 valence electrons. The van der Waals surface area contributed by atoms with Crippen LogP contribution >= 0.6 is 0 Å². The lowest BCUT2D eigenvalue weighted by Gasteiger charge is -2.07. The van der Waals surface area contributed by atoms with E-state index >= 15 is 0 Å². The van der Waals surface area contributed by atoms with E-state index in [-0.39, 0.29) is 0 Å². The van der Waals surface area contributed by atoms with Crippen LogP contribution in [0.2, 0.25) is 0 Å². The fraction of sp³-hybridized carbons (Fsp3) is 0.500. The van der Waals surface area contributed by atoms with E-state index in [4.69, 9.17) is 5.26 Å². The summed E-state index contributed by atoms with van der Waals surface area (Å²) >= 11 is 0. The number of carbonyl (C=O) groups is 2. The molecule has 0 fully saturated rings. The van der Waals surface area contributed by atoms with Crippen molar-refractivity contribution in [3.05, 3.63) is 0 Å². The molecule has 0 radical (unpaired) electrons. The van der Waals surface area contributed by atoms with Gasteiger partial charge in [-0.25, -0.2) is 0 Å². The quantitative estimate of drug-likeness (QED) is 0.415. The van der Waals surface area contributed by atoms with Crippen LogP contribution < -0.4 is 0 Å². The molecule has 0 amide bonds. The summed E-state index contributed by atoms with van der Waals surface area (Å²) in [4.78, 5) is 20.5. The molecule has 0 spiro atoms. The van der Waals surface area contributed by atoms with Gasteiger partial charge in [0.25, 0.3) is 0 Å². The molecule has 0 aliphatic carbocycles. The first-order valence-corrected chi connectivity index (χ1v) is 2.80. The van der Waals surface area contributed by atoms with Crippen LogP contribution in [-0.4, -0.2) is 18.2 Å². The Balaban J connectivity index is 3.89. The minimum Gasteiger partial charge on any atom is -0.412 e. The highest BCUT2D eigenvalue weighted by atomic mass is 16.7. The van der Waals surface area contributed by atoms with Crippen molar-refractivity contribution in [2.24, 2.45) is 0 Å². The number of ether oxygens (including phenoxy) is 2. The van der Waals surface area contributed by atoms with Gasteiger partial charge in [0.2, 0.25) is 0 Å². The second-order valence-electron chi connectivity index (χ2n) is 1.68. The molecule has 0 atom stereocenters. The third kappa shape index (κ3) is 4.90. The Morgan fingerprint density at radius 1 is 1.27 bits per heavy atom. The van der Waals surface area contributed by atoms with Crippen molar-refractivity contribution >= 4 is 11.9 Å². The topological polar surface area (TPSA) is 76.4 Å². The van der Waals surface area contributed by atoms with Gasteiger partial charge in [-0.3, -0.25) is 9.59 Å². The van der Waals surface area contributed by atoms with Crippen molar-refractivity contribution in [3.8, 4) is 6.07 Å². The summed E-state index contributed by atoms with van der Waals surface area (Å²) in [7, 11) is 0. The van der Waals surface area contributed by atoms with Crippen molar-refractivity contribution in [3.63, 3.8) is 0 Å². The van der Waals surface area contributed by atoms with Gasteiger partial charge < -0.3 is 9.47 Å². The van der Waals surface area contributed by atoms with Crippen molar-refractivity contribution in [2.75, 3.05) is 0 Å². The number of hydrogen-bond donors (Lipinski definition) is 0. The van der Waals surface area contributed by atoms with Gasteiger partial charge >= 0.3 is 18.2 Å². The van der Waals surface area contributed by atoms with E-state index in [1.54, 1.807) is 0 Å². The smallest absolute Gasteiger partial charge is 0.335 e. The van der Waals surface area contributed by atoms with E-state index in [1.165, 1.54) is 6.07 Å². The van der Waals surface area contributed by atoms with E-state index in [0.29, 0.717) is 0 Å². The first-order valence-electron chi connectivity index (χ1n) is 2.80. The lowest BCUT2D eigenvalue weighted by Crippen LogP contribution is -2.20. The van der Waals surface area contributed by atoms with Gasteiger partial charge in [-0.05, 0) is 0 Å².